The lowest BCUT2D eigenvalue weighted by Gasteiger charge is -2.40. The molecule has 0 aliphatic carbocycles. The molecule has 1 atom stereocenters. The molecule has 1 fully saturated rings. The lowest BCUT2D eigenvalue weighted by Crippen LogP contribution is -2.52. The number of nitrogens with one attached hydrogen (secondary N) is 2. The summed E-state index contributed by atoms with van der Waals surface area (Å²) in [7, 11) is 5.90. The Morgan fingerprint density at radius 3 is 2.50 bits per heavy atom. The molecule has 30 heavy (non-hydrogen) atoms. The lowest BCUT2D eigenvalue weighted by molar-refractivity contribution is -0.00684. The Labute approximate surface area is 199 Å². The zero-order chi connectivity index (χ0) is 21.3. The van der Waals surface area contributed by atoms with Crippen LogP contribution in [0, 0.1) is 0 Å². The van der Waals surface area contributed by atoms with Crippen LogP contribution in [0.4, 0.5) is 0 Å². The Balaban J connectivity index is 0.00000450. The third-order valence-electron chi connectivity index (χ3n) is 5.42. The Bertz CT molecular complexity index is 648. The summed E-state index contributed by atoms with van der Waals surface area (Å²) in [5.41, 5.74) is 1.16. The highest BCUT2D eigenvalue weighted by Gasteiger charge is 2.28. The van der Waals surface area contributed by atoms with Crippen LogP contribution >= 0.6 is 24.0 Å². The highest BCUT2D eigenvalue weighted by atomic mass is 127. The minimum atomic E-state index is -0.00424. The van der Waals surface area contributed by atoms with Gasteiger partial charge in [0.1, 0.15) is 5.75 Å². The zero-order valence-electron chi connectivity index (χ0n) is 19.4. The summed E-state index contributed by atoms with van der Waals surface area (Å²) in [4.78, 5) is 9.55. The predicted molar refractivity (Wildman–Crippen MR) is 135 cm³/mol. The largest absolute Gasteiger partial charge is 0.496 e. The molecule has 0 bridgehead atoms. The van der Waals surface area contributed by atoms with Crippen LogP contribution in [0.25, 0.3) is 0 Å². The highest BCUT2D eigenvalue weighted by molar-refractivity contribution is 14.0. The highest BCUT2D eigenvalue weighted by Crippen LogP contribution is 2.27. The van der Waals surface area contributed by atoms with Gasteiger partial charge in [-0.05, 0) is 40.9 Å². The summed E-state index contributed by atoms with van der Waals surface area (Å²) < 4.78 is 11.1. The maximum Gasteiger partial charge on any atom is 0.191 e. The minimum absolute atomic E-state index is 0. The van der Waals surface area contributed by atoms with E-state index in [9.17, 15) is 0 Å². The molecule has 0 saturated carbocycles. The predicted octanol–water partition coefficient (Wildman–Crippen LogP) is 2.58. The maximum atomic E-state index is 5.57. The van der Waals surface area contributed by atoms with Gasteiger partial charge in [0.2, 0.25) is 0 Å². The number of aliphatic imine (C=N–C) groups is 1. The second kappa shape index (κ2) is 13.3. The average Bonchev–Trinajstić information content (AvgIpc) is 2.73. The van der Waals surface area contributed by atoms with Crippen LogP contribution in [-0.4, -0.2) is 88.4 Å². The summed E-state index contributed by atoms with van der Waals surface area (Å²) in [6.45, 7) is 12.4. The van der Waals surface area contributed by atoms with Crippen LogP contribution in [0.2, 0.25) is 0 Å². The number of hydrogen-bond donors (Lipinski definition) is 2. The number of nitrogens with zero attached hydrogens (tertiary/aromatic N) is 3. The van der Waals surface area contributed by atoms with Crippen molar-refractivity contribution in [2.75, 3.05) is 67.1 Å². The molecule has 1 unspecified atom stereocenters. The SMILES string of the molecule is CCNC(=NCC(C)(C)N1CCOCC1)NCC(c1ccccc1OC)N(C)C.I. The standard InChI is InChI=1S/C22H39N5O2.HI/c1-7-23-21(25-17-22(2,3)27-12-14-29-15-13-27)24-16-19(26(4)5)18-10-8-9-11-20(18)28-6;/h8-11,19H,7,12-17H2,1-6H3,(H2,23,24,25);1H. The molecule has 172 valence electrons. The smallest absolute Gasteiger partial charge is 0.191 e. The normalized spacial score (nSPS) is 16.7. The molecular weight excluding hydrogens is 493 g/mol. The van der Waals surface area contributed by atoms with Crippen molar-refractivity contribution in [1.82, 2.24) is 20.4 Å². The molecular formula is C22H40IN5O2. The van der Waals surface area contributed by atoms with Crippen LogP contribution in [-0.2, 0) is 4.74 Å². The molecule has 2 rings (SSSR count). The first-order valence-corrected chi connectivity index (χ1v) is 10.5. The summed E-state index contributed by atoms with van der Waals surface area (Å²) in [6, 6.07) is 8.36. The number of likely N-dealkylation sites (N-methyl/N-ethyl adjacent to an activating group) is 1. The monoisotopic (exact) mass is 533 g/mol. The molecule has 0 aromatic heterocycles. The Morgan fingerprint density at radius 1 is 1.23 bits per heavy atom. The van der Waals surface area contributed by atoms with Gasteiger partial charge >= 0.3 is 0 Å². The Kier molecular flexibility index (Phi) is 12.0. The Hall–Kier alpha value is -1.10. The van der Waals surface area contributed by atoms with E-state index in [1.54, 1.807) is 7.11 Å². The number of benzene rings is 1. The van der Waals surface area contributed by atoms with Crippen molar-refractivity contribution in [3.63, 3.8) is 0 Å². The van der Waals surface area contributed by atoms with Gasteiger partial charge in [0, 0.05) is 37.3 Å². The first-order valence-electron chi connectivity index (χ1n) is 10.5. The summed E-state index contributed by atoms with van der Waals surface area (Å²) in [5, 5.41) is 6.90. The van der Waals surface area contributed by atoms with Crippen molar-refractivity contribution in [1.29, 1.82) is 0 Å². The first-order chi connectivity index (χ1) is 13.9. The van der Waals surface area contributed by atoms with Crippen molar-refractivity contribution in [3.8, 4) is 5.75 Å². The van der Waals surface area contributed by atoms with Crippen molar-refractivity contribution >= 4 is 29.9 Å². The van der Waals surface area contributed by atoms with E-state index in [0.717, 1.165) is 63.2 Å². The van der Waals surface area contributed by atoms with Gasteiger partial charge < -0.3 is 25.0 Å². The van der Waals surface area contributed by atoms with E-state index in [0.29, 0.717) is 0 Å². The van der Waals surface area contributed by atoms with E-state index in [4.69, 9.17) is 14.5 Å². The molecule has 1 aliphatic rings. The fourth-order valence-electron chi connectivity index (χ4n) is 3.59. The quantitative estimate of drug-likeness (QED) is 0.289. The number of halogens is 1. The number of morpholine rings is 1. The van der Waals surface area contributed by atoms with Crippen LogP contribution in [0.5, 0.6) is 5.75 Å². The van der Waals surface area contributed by atoms with Gasteiger partial charge in [-0.1, -0.05) is 18.2 Å². The minimum Gasteiger partial charge on any atom is -0.496 e. The van der Waals surface area contributed by atoms with Crippen LogP contribution in [0.1, 0.15) is 32.4 Å². The van der Waals surface area contributed by atoms with Crippen molar-refractivity contribution in [2.24, 2.45) is 4.99 Å². The number of methoxy groups -OCH3 is 1. The number of ether oxygens (including phenoxy) is 2. The van der Waals surface area contributed by atoms with Gasteiger partial charge in [-0.2, -0.15) is 0 Å². The second-order valence-corrected chi connectivity index (χ2v) is 8.21. The maximum absolute atomic E-state index is 5.57. The molecule has 0 amide bonds. The van der Waals surface area contributed by atoms with Crippen molar-refractivity contribution in [2.45, 2.75) is 32.4 Å². The molecule has 1 aromatic rings. The zero-order valence-corrected chi connectivity index (χ0v) is 21.7. The Morgan fingerprint density at radius 2 is 1.90 bits per heavy atom. The fourth-order valence-corrected chi connectivity index (χ4v) is 3.59. The molecule has 0 spiro atoms. The van der Waals surface area contributed by atoms with Crippen LogP contribution < -0.4 is 15.4 Å². The number of para-hydroxylation sites is 1. The summed E-state index contributed by atoms with van der Waals surface area (Å²) in [6.07, 6.45) is 0. The molecule has 1 saturated heterocycles. The third-order valence-corrected chi connectivity index (χ3v) is 5.42. The van der Waals surface area contributed by atoms with Crippen LogP contribution in [0.15, 0.2) is 29.3 Å². The second-order valence-electron chi connectivity index (χ2n) is 8.21. The fraction of sp³-hybridized carbons (Fsp3) is 0.682. The van der Waals surface area contributed by atoms with E-state index in [1.807, 2.05) is 12.1 Å². The molecule has 0 radical (unpaired) electrons. The van der Waals surface area contributed by atoms with Gasteiger partial charge in [0.25, 0.3) is 0 Å². The van der Waals surface area contributed by atoms with E-state index in [2.05, 4.69) is 67.4 Å². The van der Waals surface area contributed by atoms with E-state index in [-0.39, 0.29) is 35.6 Å². The van der Waals surface area contributed by atoms with Gasteiger partial charge in [-0.3, -0.25) is 9.89 Å². The molecule has 1 heterocycles. The summed E-state index contributed by atoms with van der Waals surface area (Å²) in [5.74, 6) is 1.75. The average molecular weight is 533 g/mol. The molecule has 8 heteroatoms. The van der Waals surface area contributed by atoms with Crippen molar-refractivity contribution in [3.05, 3.63) is 29.8 Å². The topological polar surface area (TPSA) is 61.4 Å². The molecule has 1 aromatic carbocycles. The summed E-state index contributed by atoms with van der Waals surface area (Å²) >= 11 is 0. The van der Waals surface area contributed by atoms with Gasteiger partial charge in [-0.25, -0.2) is 0 Å². The number of guanidine groups is 1. The molecule has 2 N–H and O–H groups in total. The van der Waals surface area contributed by atoms with E-state index in [1.165, 1.54) is 0 Å². The lowest BCUT2D eigenvalue weighted by atomic mass is 10.0. The van der Waals surface area contributed by atoms with Gasteiger partial charge in [-0.15, -0.1) is 24.0 Å². The third kappa shape index (κ3) is 7.86. The number of hydrogen-bond acceptors (Lipinski definition) is 5. The van der Waals surface area contributed by atoms with Crippen molar-refractivity contribution < 1.29 is 9.47 Å². The molecule has 1 aliphatic heterocycles. The molecule has 7 nitrogen and oxygen atoms in total. The van der Waals surface area contributed by atoms with Gasteiger partial charge in [0.15, 0.2) is 5.96 Å². The first kappa shape index (κ1) is 26.9. The van der Waals surface area contributed by atoms with E-state index < -0.39 is 0 Å². The number of rotatable bonds is 9. The van der Waals surface area contributed by atoms with Crippen LogP contribution in [0.3, 0.4) is 0 Å². The van der Waals surface area contributed by atoms with Gasteiger partial charge in [0.05, 0.1) is 32.9 Å². The van der Waals surface area contributed by atoms with E-state index >= 15 is 0 Å².